The Balaban J connectivity index is 1.49. The number of amides is 1. The molecular formula is C23H28ClN3O. The molecule has 1 unspecified atom stereocenters. The SMILES string of the molecule is Cc1ccc(C(=O)N2CCC3(CC2)CN(C(C)C)C3c2ccc(Cl)cc2)cn1. The molecule has 5 heteroatoms. The highest BCUT2D eigenvalue weighted by atomic mass is 35.5. The number of carbonyl (C=O) groups excluding carboxylic acids is 1. The minimum atomic E-state index is 0.102. The highest BCUT2D eigenvalue weighted by Gasteiger charge is 2.54. The van der Waals surface area contributed by atoms with Crippen LogP contribution in [-0.4, -0.2) is 46.4 Å². The van der Waals surface area contributed by atoms with Crippen molar-refractivity contribution in [2.45, 2.75) is 45.7 Å². The number of nitrogens with zero attached hydrogens (tertiary/aromatic N) is 3. The van der Waals surface area contributed by atoms with Crippen LogP contribution >= 0.6 is 11.6 Å². The molecule has 1 aromatic carbocycles. The minimum absolute atomic E-state index is 0.102. The standard InChI is InChI=1S/C23H28ClN3O/c1-16(2)27-15-23(21(27)18-6-8-20(24)9-7-18)10-12-26(13-11-23)22(28)19-5-4-17(3)25-14-19/h4-9,14,16,21H,10-13,15H2,1-3H3. The molecule has 2 aliphatic heterocycles. The van der Waals surface area contributed by atoms with E-state index < -0.39 is 0 Å². The number of hydrogen-bond donors (Lipinski definition) is 0. The van der Waals surface area contributed by atoms with Crippen LogP contribution in [0.5, 0.6) is 0 Å². The van der Waals surface area contributed by atoms with Gasteiger partial charge in [0.2, 0.25) is 0 Å². The molecule has 2 saturated heterocycles. The van der Waals surface area contributed by atoms with Gasteiger partial charge in [-0.2, -0.15) is 0 Å². The summed E-state index contributed by atoms with van der Waals surface area (Å²) in [5.41, 5.74) is 3.21. The quantitative estimate of drug-likeness (QED) is 0.751. The van der Waals surface area contributed by atoms with Crippen LogP contribution in [0.4, 0.5) is 0 Å². The van der Waals surface area contributed by atoms with E-state index in [1.54, 1.807) is 6.20 Å². The number of piperidine rings is 1. The number of hydrogen-bond acceptors (Lipinski definition) is 3. The van der Waals surface area contributed by atoms with Crippen molar-refractivity contribution in [1.29, 1.82) is 0 Å². The molecule has 1 amide bonds. The molecule has 2 aliphatic rings. The summed E-state index contributed by atoms with van der Waals surface area (Å²) in [7, 11) is 0. The van der Waals surface area contributed by atoms with Crippen molar-refractivity contribution in [2.24, 2.45) is 5.41 Å². The smallest absolute Gasteiger partial charge is 0.255 e. The first-order chi connectivity index (χ1) is 13.4. The van der Waals surface area contributed by atoms with Gasteiger partial charge < -0.3 is 4.90 Å². The van der Waals surface area contributed by atoms with Crippen molar-refractivity contribution in [3.05, 3.63) is 64.4 Å². The zero-order chi connectivity index (χ0) is 19.9. The fourth-order valence-electron chi connectivity index (χ4n) is 4.82. The molecule has 4 nitrogen and oxygen atoms in total. The Morgan fingerprint density at radius 1 is 1.14 bits per heavy atom. The highest BCUT2D eigenvalue weighted by molar-refractivity contribution is 6.30. The molecule has 0 radical (unpaired) electrons. The number of halogens is 1. The lowest BCUT2D eigenvalue weighted by molar-refractivity contribution is -0.124. The Morgan fingerprint density at radius 2 is 1.82 bits per heavy atom. The maximum Gasteiger partial charge on any atom is 0.255 e. The van der Waals surface area contributed by atoms with Gasteiger partial charge in [0, 0.05) is 54.0 Å². The summed E-state index contributed by atoms with van der Waals surface area (Å²) in [6.07, 6.45) is 3.77. The number of likely N-dealkylation sites (tertiary alicyclic amines) is 2. The van der Waals surface area contributed by atoms with E-state index in [0.29, 0.717) is 17.6 Å². The first-order valence-corrected chi connectivity index (χ1v) is 10.5. The number of carbonyl (C=O) groups is 1. The van der Waals surface area contributed by atoms with Gasteiger partial charge in [-0.15, -0.1) is 0 Å². The second kappa shape index (κ2) is 7.49. The molecule has 3 heterocycles. The van der Waals surface area contributed by atoms with E-state index in [1.807, 2.05) is 36.1 Å². The lowest BCUT2D eigenvalue weighted by Gasteiger charge is -2.62. The van der Waals surface area contributed by atoms with Gasteiger partial charge in [0.25, 0.3) is 5.91 Å². The molecule has 1 atom stereocenters. The third-order valence-corrected chi connectivity index (χ3v) is 6.71. The van der Waals surface area contributed by atoms with Crippen LogP contribution in [0.25, 0.3) is 0 Å². The Hall–Kier alpha value is -1.91. The second-order valence-electron chi connectivity index (χ2n) is 8.56. The zero-order valence-corrected chi connectivity index (χ0v) is 17.6. The molecule has 1 spiro atoms. The normalized spacial score (nSPS) is 21.8. The fourth-order valence-corrected chi connectivity index (χ4v) is 4.94. The minimum Gasteiger partial charge on any atom is -0.339 e. The summed E-state index contributed by atoms with van der Waals surface area (Å²) < 4.78 is 0. The van der Waals surface area contributed by atoms with E-state index in [2.05, 4.69) is 35.9 Å². The predicted molar refractivity (Wildman–Crippen MR) is 113 cm³/mol. The van der Waals surface area contributed by atoms with E-state index in [0.717, 1.165) is 43.2 Å². The summed E-state index contributed by atoms with van der Waals surface area (Å²) >= 11 is 6.11. The average molecular weight is 398 g/mol. The van der Waals surface area contributed by atoms with Gasteiger partial charge in [0.15, 0.2) is 0 Å². The average Bonchev–Trinajstić information content (AvgIpc) is 2.68. The number of aryl methyl sites for hydroxylation is 1. The van der Waals surface area contributed by atoms with Crippen LogP contribution in [0.1, 0.15) is 54.3 Å². The third kappa shape index (κ3) is 3.44. The number of benzene rings is 1. The number of aromatic nitrogens is 1. The zero-order valence-electron chi connectivity index (χ0n) is 16.9. The van der Waals surface area contributed by atoms with Crippen LogP contribution in [0, 0.1) is 12.3 Å². The van der Waals surface area contributed by atoms with Gasteiger partial charge in [-0.25, -0.2) is 0 Å². The topological polar surface area (TPSA) is 36.4 Å². The lowest BCUT2D eigenvalue weighted by Crippen LogP contribution is -2.64. The van der Waals surface area contributed by atoms with Crippen LogP contribution in [0.2, 0.25) is 5.02 Å². The van der Waals surface area contributed by atoms with Crippen molar-refractivity contribution in [2.75, 3.05) is 19.6 Å². The van der Waals surface area contributed by atoms with E-state index in [4.69, 9.17) is 11.6 Å². The van der Waals surface area contributed by atoms with E-state index in [1.165, 1.54) is 5.56 Å². The molecule has 148 valence electrons. The van der Waals surface area contributed by atoms with E-state index >= 15 is 0 Å². The van der Waals surface area contributed by atoms with Gasteiger partial charge in [0.05, 0.1) is 5.56 Å². The Bertz CT molecular complexity index is 839. The summed E-state index contributed by atoms with van der Waals surface area (Å²) in [4.78, 5) is 21.7. The molecule has 1 aromatic heterocycles. The first kappa shape index (κ1) is 19.4. The van der Waals surface area contributed by atoms with E-state index in [9.17, 15) is 4.79 Å². The monoisotopic (exact) mass is 397 g/mol. The van der Waals surface area contributed by atoms with Crippen LogP contribution < -0.4 is 0 Å². The molecule has 2 fully saturated rings. The fraction of sp³-hybridized carbons (Fsp3) is 0.478. The summed E-state index contributed by atoms with van der Waals surface area (Å²) in [6.45, 7) is 9.18. The van der Waals surface area contributed by atoms with E-state index in [-0.39, 0.29) is 11.3 Å². The van der Waals surface area contributed by atoms with Gasteiger partial charge in [-0.1, -0.05) is 23.7 Å². The van der Waals surface area contributed by atoms with Gasteiger partial charge in [-0.05, 0) is 63.4 Å². The molecule has 0 aliphatic carbocycles. The third-order valence-electron chi connectivity index (χ3n) is 6.46. The molecule has 4 rings (SSSR count). The van der Waals surface area contributed by atoms with Crippen molar-refractivity contribution in [1.82, 2.24) is 14.8 Å². The molecular weight excluding hydrogens is 370 g/mol. The Labute approximate surface area is 172 Å². The Morgan fingerprint density at radius 3 is 2.39 bits per heavy atom. The van der Waals surface area contributed by atoms with Crippen molar-refractivity contribution in [3.63, 3.8) is 0 Å². The largest absolute Gasteiger partial charge is 0.339 e. The molecule has 0 saturated carbocycles. The summed E-state index contributed by atoms with van der Waals surface area (Å²) in [6, 6.07) is 13.0. The van der Waals surface area contributed by atoms with Gasteiger partial charge in [-0.3, -0.25) is 14.7 Å². The molecule has 0 N–H and O–H groups in total. The first-order valence-electron chi connectivity index (χ1n) is 10.1. The maximum absolute atomic E-state index is 12.9. The van der Waals surface area contributed by atoms with Crippen LogP contribution in [-0.2, 0) is 0 Å². The van der Waals surface area contributed by atoms with Crippen molar-refractivity contribution >= 4 is 17.5 Å². The van der Waals surface area contributed by atoms with Gasteiger partial charge in [0.1, 0.15) is 0 Å². The summed E-state index contributed by atoms with van der Waals surface area (Å²) in [5, 5.41) is 0.778. The number of pyridine rings is 1. The maximum atomic E-state index is 12.9. The van der Waals surface area contributed by atoms with Crippen molar-refractivity contribution in [3.8, 4) is 0 Å². The number of rotatable bonds is 3. The van der Waals surface area contributed by atoms with Crippen LogP contribution in [0.15, 0.2) is 42.6 Å². The van der Waals surface area contributed by atoms with Crippen LogP contribution in [0.3, 0.4) is 0 Å². The molecule has 28 heavy (non-hydrogen) atoms. The van der Waals surface area contributed by atoms with Gasteiger partial charge >= 0.3 is 0 Å². The molecule has 0 bridgehead atoms. The lowest BCUT2D eigenvalue weighted by atomic mass is 9.62. The Kier molecular flexibility index (Phi) is 5.19. The molecule has 2 aromatic rings. The second-order valence-corrected chi connectivity index (χ2v) is 9.00. The highest BCUT2D eigenvalue weighted by Crippen LogP contribution is 2.55. The summed E-state index contributed by atoms with van der Waals surface area (Å²) in [5.74, 6) is 0.102. The predicted octanol–water partition coefficient (Wildman–Crippen LogP) is 4.73. The van der Waals surface area contributed by atoms with Crippen molar-refractivity contribution < 1.29 is 4.79 Å².